The maximum atomic E-state index is 10.9. The molecule has 1 unspecified atom stereocenters. The normalized spacial score (nSPS) is 21.2. The van der Waals surface area contributed by atoms with Gasteiger partial charge in [0.15, 0.2) is 0 Å². The van der Waals surface area contributed by atoms with Crippen LogP contribution in [0.3, 0.4) is 0 Å². The summed E-state index contributed by atoms with van der Waals surface area (Å²) in [5.41, 5.74) is 10.0. The second-order valence-corrected chi connectivity index (χ2v) is 6.24. The van der Waals surface area contributed by atoms with E-state index in [1.807, 2.05) is 23.1 Å². The molecule has 24 heavy (non-hydrogen) atoms. The van der Waals surface area contributed by atoms with Crippen LogP contribution in [0.2, 0.25) is 0 Å². The van der Waals surface area contributed by atoms with E-state index < -0.39 is 12.2 Å². The van der Waals surface area contributed by atoms with Crippen molar-refractivity contribution in [3.63, 3.8) is 0 Å². The van der Waals surface area contributed by atoms with Crippen molar-refractivity contribution in [2.75, 3.05) is 4.90 Å². The van der Waals surface area contributed by atoms with Gasteiger partial charge in [-0.3, -0.25) is 0 Å². The number of fused-ring (bicyclic) bond motifs is 1. The molecule has 0 fully saturated rings. The molecule has 3 atom stereocenters. The minimum absolute atomic E-state index is 0.0162. The highest BCUT2D eigenvalue weighted by atomic mass is 16.4. The van der Waals surface area contributed by atoms with Crippen molar-refractivity contribution in [3.8, 4) is 11.1 Å². The van der Waals surface area contributed by atoms with Gasteiger partial charge in [-0.05, 0) is 49.6 Å². The Morgan fingerprint density at radius 2 is 2.04 bits per heavy atom. The maximum Gasteiger partial charge on any atom is 0.354 e. The highest BCUT2D eigenvalue weighted by Crippen LogP contribution is 2.39. The van der Waals surface area contributed by atoms with Gasteiger partial charge in [0.1, 0.15) is 11.9 Å². The van der Waals surface area contributed by atoms with Crippen molar-refractivity contribution in [1.82, 2.24) is 4.98 Å². The molecule has 0 radical (unpaired) electrons. The van der Waals surface area contributed by atoms with Gasteiger partial charge in [-0.2, -0.15) is 0 Å². The average molecular weight is 327 g/mol. The van der Waals surface area contributed by atoms with E-state index >= 15 is 0 Å². The molecular weight excluding hydrogens is 306 g/mol. The Morgan fingerprint density at radius 1 is 1.33 bits per heavy atom. The van der Waals surface area contributed by atoms with Crippen molar-refractivity contribution in [2.24, 2.45) is 5.73 Å². The summed E-state index contributed by atoms with van der Waals surface area (Å²) in [6, 6.07) is 9.18. The summed E-state index contributed by atoms with van der Waals surface area (Å²) in [6.07, 6.45) is 1.72. The molecule has 0 bridgehead atoms. The summed E-state index contributed by atoms with van der Waals surface area (Å²) in [5, 5.41) is 19.0. The SMILES string of the molecule is CC(O)N1c2ccc(-c3ccc(C(=O)O)nc3)cc2[C@H](N)C[C@@H]1C. The lowest BCUT2D eigenvalue weighted by molar-refractivity contribution is 0.0690. The number of aliphatic hydroxyl groups is 1. The molecule has 6 heteroatoms. The summed E-state index contributed by atoms with van der Waals surface area (Å²) >= 11 is 0. The quantitative estimate of drug-likeness (QED) is 0.800. The standard InChI is InChI=1S/C18H21N3O3/c1-10-7-15(19)14-8-12(4-6-17(14)21(10)11(2)22)13-3-5-16(18(23)24)20-9-13/h3-6,8-11,15,22H,7,19H2,1-2H3,(H,23,24)/t10-,11?,15+/m0/s1. The molecule has 0 amide bonds. The lowest BCUT2D eigenvalue weighted by atomic mass is 9.90. The Kier molecular flexibility index (Phi) is 4.26. The lowest BCUT2D eigenvalue weighted by Gasteiger charge is -2.41. The van der Waals surface area contributed by atoms with Gasteiger partial charge in [0, 0.05) is 29.5 Å². The summed E-state index contributed by atoms with van der Waals surface area (Å²) in [7, 11) is 0. The molecule has 1 aliphatic rings. The first-order chi connectivity index (χ1) is 11.4. The Morgan fingerprint density at radius 3 is 2.62 bits per heavy atom. The monoisotopic (exact) mass is 327 g/mol. The fourth-order valence-corrected chi connectivity index (χ4v) is 3.37. The highest BCUT2D eigenvalue weighted by molar-refractivity contribution is 5.85. The predicted octanol–water partition coefficient (Wildman–Crippen LogP) is 2.38. The van der Waals surface area contributed by atoms with E-state index in [0.29, 0.717) is 0 Å². The number of nitrogens with zero attached hydrogens (tertiary/aromatic N) is 2. The predicted molar refractivity (Wildman–Crippen MR) is 91.8 cm³/mol. The zero-order chi connectivity index (χ0) is 17.4. The topological polar surface area (TPSA) is 99.7 Å². The minimum atomic E-state index is -1.05. The van der Waals surface area contributed by atoms with E-state index in [2.05, 4.69) is 11.9 Å². The fraction of sp³-hybridized carbons (Fsp3) is 0.333. The van der Waals surface area contributed by atoms with Gasteiger partial charge >= 0.3 is 5.97 Å². The summed E-state index contributed by atoms with van der Waals surface area (Å²) in [6.45, 7) is 3.80. The first-order valence-electron chi connectivity index (χ1n) is 7.94. The van der Waals surface area contributed by atoms with E-state index in [0.717, 1.165) is 28.8 Å². The van der Waals surface area contributed by atoms with E-state index in [4.69, 9.17) is 10.8 Å². The third-order valence-corrected chi connectivity index (χ3v) is 4.49. The van der Waals surface area contributed by atoms with Crippen LogP contribution < -0.4 is 10.6 Å². The van der Waals surface area contributed by atoms with Crippen molar-refractivity contribution < 1.29 is 15.0 Å². The Hall–Kier alpha value is -2.44. The third kappa shape index (κ3) is 2.86. The lowest BCUT2D eigenvalue weighted by Crippen LogP contribution is -2.45. The second kappa shape index (κ2) is 6.22. The number of carboxylic acids is 1. The number of nitrogens with two attached hydrogens (primary N) is 1. The molecule has 3 rings (SSSR count). The van der Waals surface area contributed by atoms with Crippen LogP contribution in [0.5, 0.6) is 0 Å². The molecule has 126 valence electrons. The van der Waals surface area contributed by atoms with Crippen LogP contribution in [-0.4, -0.2) is 33.4 Å². The number of aromatic nitrogens is 1. The number of carboxylic acid groups (broad SMARTS) is 1. The Balaban J connectivity index is 2.01. The van der Waals surface area contributed by atoms with Gasteiger partial charge in [0.05, 0.1) is 0 Å². The molecule has 1 aromatic heterocycles. The third-order valence-electron chi connectivity index (χ3n) is 4.49. The smallest absolute Gasteiger partial charge is 0.354 e. The van der Waals surface area contributed by atoms with E-state index in [1.54, 1.807) is 19.2 Å². The Bertz CT molecular complexity index is 759. The van der Waals surface area contributed by atoms with Gasteiger partial charge < -0.3 is 20.8 Å². The highest BCUT2D eigenvalue weighted by Gasteiger charge is 2.30. The zero-order valence-electron chi connectivity index (χ0n) is 13.7. The molecule has 0 spiro atoms. The molecule has 2 heterocycles. The molecule has 6 nitrogen and oxygen atoms in total. The van der Waals surface area contributed by atoms with Crippen LogP contribution >= 0.6 is 0 Å². The largest absolute Gasteiger partial charge is 0.477 e. The number of hydrogen-bond donors (Lipinski definition) is 3. The molecule has 4 N–H and O–H groups in total. The second-order valence-electron chi connectivity index (χ2n) is 6.24. The fourth-order valence-electron chi connectivity index (χ4n) is 3.37. The molecule has 0 saturated carbocycles. The summed E-state index contributed by atoms with van der Waals surface area (Å²) < 4.78 is 0. The number of hydrogen-bond acceptors (Lipinski definition) is 5. The molecule has 1 aliphatic heterocycles. The maximum absolute atomic E-state index is 10.9. The van der Waals surface area contributed by atoms with Gasteiger partial charge in [0.2, 0.25) is 0 Å². The Labute approximate surface area is 140 Å². The first kappa shape index (κ1) is 16.4. The number of benzene rings is 1. The van der Waals surface area contributed by atoms with Crippen molar-refractivity contribution in [3.05, 3.63) is 47.8 Å². The van der Waals surface area contributed by atoms with Crippen LogP contribution in [0.1, 0.15) is 42.4 Å². The molecule has 0 saturated heterocycles. The van der Waals surface area contributed by atoms with Gasteiger partial charge in [-0.15, -0.1) is 0 Å². The summed E-state index contributed by atoms with van der Waals surface area (Å²) in [5.74, 6) is -1.05. The minimum Gasteiger partial charge on any atom is -0.477 e. The number of aromatic carboxylic acids is 1. The van der Waals surface area contributed by atoms with Crippen LogP contribution in [0.25, 0.3) is 11.1 Å². The number of carbonyl (C=O) groups is 1. The van der Waals surface area contributed by atoms with Crippen LogP contribution in [0.15, 0.2) is 36.5 Å². The molecule has 1 aromatic carbocycles. The van der Waals surface area contributed by atoms with E-state index in [-0.39, 0.29) is 17.8 Å². The van der Waals surface area contributed by atoms with Gasteiger partial charge in [0.25, 0.3) is 0 Å². The molecular formula is C18H21N3O3. The van der Waals surface area contributed by atoms with Gasteiger partial charge in [-0.1, -0.05) is 12.1 Å². The first-order valence-corrected chi connectivity index (χ1v) is 7.94. The number of aliphatic hydroxyl groups excluding tert-OH is 1. The number of anilines is 1. The van der Waals surface area contributed by atoms with Crippen LogP contribution in [0, 0.1) is 0 Å². The van der Waals surface area contributed by atoms with Crippen molar-refractivity contribution in [2.45, 2.75) is 38.6 Å². The number of rotatable bonds is 3. The van der Waals surface area contributed by atoms with Gasteiger partial charge in [-0.25, -0.2) is 9.78 Å². The van der Waals surface area contributed by atoms with Crippen molar-refractivity contribution >= 4 is 11.7 Å². The molecule has 0 aliphatic carbocycles. The van der Waals surface area contributed by atoms with E-state index in [1.165, 1.54) is 6.07 Å². The van der Waals surface area contributed by atoms with Crippen LogP contribution in [0.4, 0.5) is 5.69 Å². The van der Waals surface area contributed by atoms with Crippen molar-refractivity contribution in [1.29, 1.82) is 0 Å². The van der Waals surface area contributed by atoms with Crippen LogP contribution in [-0.2, 0) is 0 Å². The number of pyridine rings is 1. The molecule has 2 aromatic rings. The van der Waals surface area contributed by atoms with E-state index in [9.17, 15) is 9.90 Å². The zero-order valence-corrected chi connectivity index (χ0v) is 13.7. The summed E-state index contributed by atoms with van der Waals surface area (Å²) in [4.78, 5) is 16.8. The average Bonchev–Trinajstić information content (AvgIpc) is 2.54.